The predicted octanol–water partition coefficient (Wildman–Crippen LogP) is 1.75. The predicted molar refractivity (Wildman–Crippen MR) is 73.2 cm³/mol. The van der Waals surface area contributed by atoms with Crippen LogP contribution in [-0.2, 0) is 21.4 Å². The van der Waals surface area contributed by atoms with Crippen LogP contribution in [0.2, 0.25) is 0 Å². The maximum Gasteiger partial charge on any atom is 0.212 e. The van der Waals surface area contributed by atoms with E-state index >= 15 is 0 Å². The van der Waals surface area contributed by atoms with Crippen molar-refractivity contribution < 1.29 is 13.2 Å². The van der Waals surface area contributed by atoms with Gasteiger partial charge in [-0.3, -0.25) is 0 Å². The average Bonchev–Trinajstić information content (AvgIpc) is 2.35. The van der Waals surface area contributed by atoms with Gasteiger partial charge in [0, 0.05) is 19.0 Å². The largest absolute Gasteiger partial charge is 0.377 e. The van der Waals surface area contributed by atoms with E-state index < -0.39 is 10.0 Å². The lowest BCUT2D eigenvalue weighted by Gasteiger charge is -2.06. The van der Waals surface area contributed by atoms with Crippen molar-refractivity contribution in [2.75, 3.05) is 24.8 Å². The second-order valence-electron chi connectivity index (χ2n) is 3.79. The summed E-state index contributed by atoms with van der Waals surface area (Å²) in [6, 6.07) is 9.85. The van der Waals surface area contributed by atoms with Gasteiger partial charge in [0.1, 0.15) is 0 Å². The van der Waals surface area contributed by atoms with Crippen LogP contribution in [0.1, 0.15) is 12.0 Å². The summed E-state index contributed by atoms with van der Waals surface area (Å²) >= 11 is 5.37. The molecule has 1 aromatic carbocycles. The molecule has 0 heterocycles. The normalized spacial score (nSPS) is 11.6. The van der Waals surface area contributed by atoms with Gasteiger partial charge in [-0.15, -0.1) is 11.6 Å². The summed E-state index contributed by atoms with van der Waals surface area (Å²) in [5.41, 5.74) is 1.11. The second-order valence-corrected chi connectivity index (χ2v) is 6.10. The number of alkyl halides is 1. The van der Waals surface area contributed by atoms with Crippen LogP contribution in [0.3, 0.4) is 0 Å². The molecule has 0 aromatic heterocycles. The molecule has 1 rings (SSSR count). The van der Waals surface area contributed by atoms with Gasteiger partial charge in [0.25, 0.3) is 0 Å². The van der Waals surface area contributed by atoms with E-state index in [0.29, 0.717) is 26.2 Å². The van der Waals surface area contributed by atoms with Gasteiger partial charge in [0.2, 0.25) is 10.0 Å². The fraction of sp³-hybridized carbons (Fsp3) is 0.500. The van der Waals surface area contributed by atoms with Gasteiger partial charge in [0.15, 0.2) is 0 Å². The molecule has 0 radical (unpaired) electrons. The maximum atomic E-state index is 11.2. The first kappa shape index (κ1) is 15.4. The van der Waals surface area contributed by atoms with Crippen LogP contribution < -0.4 is 4.72 Å². The Labute approximate surface area is 113 Å². The van der Waals surface area contributed by atoms with Gasteiger partial charge in [-0.2, -0.15) is 0 Å². The summed E-state index contributed by atoms with van der Waals surface area (Å²) in [7, 11) is -3.21. The summed E-state index contributed by atoms with van der Waals surface area (Å²) in [6.07, 6.45) is 0.647. The Morgan fingerprint density at radius 3 is 2.61 bits per heavy atom. The number of ether oxygens (including phenoxy) is 1. The zero-order valence-corrected chi connectivity index (χ0v) is 11.7. The standard InChI is InChI=1S/C12H18ClNO3S/c13-7-10-18(15,16)14-8-4-9-17-11-12-5-2-1-3-6-12/h1-3,5-6,14H,4,7-11H2. The maximum absolute atomic E-state index is 11.2. The number of hydrogen-bond donors (Lipinski definition) is 1. The van der Waals surface area contributed by atoms with Crippen molar-refractivity contribution in [1.82, 2.24) is 4.72 Å². The fourth-order valence-corrected chi connectivity index (χ4v) is 2.75. The van der Waals surface area contributed by atoms with Gasteiger partial charge >= 0.3 is 0 Å². The highest BCUT2D eigenvalue weighted by molar-refractivity contribution is 7.89. The number of nitrogens with one attached hydrogen (secondary N) is 1. The number of benzene rings is 1. The molecule has 0 spiro atoms. The molecule has 0 saturated carbocycles. The summed E-state index contributed by atoms with van der Waals surface area (Å²) in [4.78, 5) is 0. The van der Waals surface area contributed by atoms with E-state index in [1.54, 1.807) is 0 Å². The first-order valence-electron chi connectivity index (χ1n) is 5.79. The molecule has 0 saturated heterocycles. The smallest absolute Gasteiger partial charge is 0.212 e. The lowest BCUT2D eigenvalue weighted by molar-refractivity contribution is 0.119. The van der Waals surface area contributed by atoms with Crippen LogP contribution in [0.25, 0.3) is 0 Å². The van der Waals surface area contributed by atoms with Crippen LogP contribution >= 0.6 is 11.6 Å². The second kappa shape index (κ2) is 8.48. The zero-order valence-electron chi connectivity index (χ0n) is 10.1. The molecule has 0 atom stereocenters. The summed E-state index contributed by atoms with van der Waals surface area (Å²) in [6.45, 7) is 1.46. The van der Waals surface area contributed by atoms with Crippen LogP contribution in [0.15, 0.2) is 30.3 Å². The SMILES string of the molecule is O=S(=O)(CCCl)NCCCOCc1ccccc1. The first-order chi connectivity index (χ1) is 8.64. The Kier molecular flexibility index (Phi) is 7.27. The number of sulfonamides is 1. The minimum absolute atomic E-state index is 0.0422. The van der Waals surface area contributed by atoms with E-state index in [2.05, 4.69) is 4.72 Å². The molecule has 0 amide bonds. The summed E-state index contributed by atoms with van der Waals surface area (Å²) in [5.74, 6) is 0.0687. The van der Waals surface area contributed by atoms with Crippen LogP contribution in [-0.4, -0.2) is 33.2 Å². The van der Waals surface area contributed by atoms with Crippen molar-refractivity contribution in [2.24, 2.45) is 0 Å². The molecule has 1 N–H and O–H groups in total. The van der Waals surface area contributed by atoms with Gasteiger partial charge in [-0.1, -0.05) is 30.3 Å². The molecule has 0 fully saturated rings. The molecule has 0 unspecified atom stereocenters. The molecule has 6 heteroatoms. The van der Waals surface area contributed by atoms with Crippen LogP contribution in [0, 0.1) is 0 Å². The van der Waals surface area contributed by atoms with Crippen molar-refractivity contribution in [2.45, 2.75) is 13.0 Å². The van der Waals surface area contributed by atoms with E-state index in [4.69, 9.17) is 16.3 Å². The third kappa shape index (κ3) is 6.96. The molecule has 0 aliphatic carbocycles. The van der Waals surface area contributed by atoms with Crippen molar-refractivity contribution >= 4 is 21.6 Å². The van der Waals surface area contributed by atoms with Crippen LogP contribution in [0.5, 0.6) is 0 Å². The Morgan fingerprint density at radius 2 is 1.94 bits per heavy atom. The lowest BCUT2D eigenvalue weighted by Crippen LogP contribution is -2.28. The third-order valence-corrected chi connectivity index (χ3v) is 4.04. The average molecular weight is 292 g/mol. The Bertz CT molecular complexity index is 422. The van der Waals surface area contributed by atoms with Gasteiger partial charge in [-0.25, -0.2) is 13.1 Å². The minimum atomic E-state index is -3.21. The van der Waals surface area contributed by atoms with Crippen molar-refractivity contribution in [3.63, 3.8) is 0 Å². The van der Waals surface area contributed by atoms with Gasteiger partial charge in [0.05, 0.1) is 12.4 Å². The third-order valence-electron chi connectivity index (χ3n) is 2.24. The van der Waals surface area contributed by atoms with E-state index in [1.807, 2.05) is 30.3 Å². The van der Waals surface area contributed by atoms with E-state index in [0.717, 1.165) is 5.56 Å². The van der Waals surface area contributed by atoms with E-state index in [1.165, 1.54) is 0 Å². The molecule has 0 aliphatic rings. The monoisotopic (exact) mass is 291 g/mol. The fourth-order valence-electron chi connectivity index (χ4n) is 1.34. The molecular formula is C12H18ClNO3S. The molecular weight excluding hydrogens is 274 g/mol. The molecule has 4 nitrogen and oxygen atoms in total. The van der Waals surface area contributed by atoms with Gasteiger partial charge in [-0.05, 0) is 12.0 Å². The molecule has 0 bridgehead atoms. The topological polar surface area (TPSA) is 55.4 Å². The molecule has 0 aliphatic heterocycles. The Morgan fingerprint density at radius 1 is 1.22 bits per heavy atom. The summed E-state index contributed by atoms with van der Waals surface area (Å²) in [5, 5.41) is 0. The number of halogens is 1. The first-order valence-corrected chi connectivity index (χ1v) is 7.98. The highest BCUT2D eigenvalue weighted by Crippen LogP contribution is 2.00. The molecule has 102 valence electrons. The quantitative estimate of drug-likeness (QED) is 0.557. The van der Waals surface area contributed by atoms with Crippen molar-refractivity contribution in [1.29, 1.82) is 0 Å². The van der Waals surface area contributed by atoms with Crippen LogP contribution in [0.4, 0.5) is 0 Å². The van der Waals surface area contributed by atoms with E-state index in [-0.39, 0.29) is 11.6 Å². The van der Waals surface area contributed by atoms with Gasteiger partial charge < -0.3 is 4.74 Å². The van der Waals surface area contributed by atoms with Crippen molar-refractivity contribution in [3.8, 4) is 0 Å². The summed E-state index contributed by atoms with van der Waals surface area (Å²) < 4.78 is 30.4. The highest BCUT2D eigenvalue weighted by atomic mass is 35.5. The number of hydrogen-bond acceptors (Lipinski definition) is 3. The molecule has 18 heavy (non-hydrogen) atoms. The zero-order chi connectivity index (χ0) is 13.3. The Balaban J connectivity index is 2.06. The highest BCUT2D eigenvalue weighted by Gasteiger charge is 2.07. The van der Waals surface area contributed by atoms with E-state index in [9.17, 15) is 8.42 Å². The minimum Gasteiger partial charge on any atom is -0.377 e. The Hall–Kier alpha value is -0.620. The lowest BCUT2D eigenvalue weighted by atomic mass is 10.2. The molecule has 1 aromatic rings. The number of rotatable bonds is 9. The van der Waals surface area contributed by atoms with Crippen molar-refractivity contribution in [3.05, 3.63) is 35.9 Å².